The van der Waals surface area contributed by atoms with E-state index in [1.165, 1.54) is 6.42 Å². The van der Waals surface area contributed by atoms with Gasteiger partial charge in [-0.3, -0.25) is 4.79 Å². The third kappa shape index (κ3) is 5.25. The van der Waals surface area contributed by atoms with E-state index in [-0.39, 0.29) is 18.0 Å². The molecule has 2 unspecified atom stereocenters. The van der Waals surface area contributed by atoms with E-state index in [1.54, 1.807) is 6.07 Å². The molecule has 1 fully saturated rings. The number of likely N-dealkylation sites (tertiary alicyclic amines) is 1. The zero-order valence-electron chi connectivity index (χ0n) is 15.1. The Bertz CT molecular complexity index is 576. The number of hydrogen-bond acceptors (Lipinski definition) is 2. The molecule has 0 radical (unpaired) electrons. The van der Waals surface area contributed by atoms with Gasteiger partial charge in [0.15, 0.2) is 0 Å². The molecule has 132 valence electrons. The number of nitrogens with one attached hydrogen (secondary N) is 2. The molecule has 1 heterocycles. The quantitative estimate of drug-likeness (QED) is 0.891. The minimum absolute atomic E-state index is 0.0227. The third-order valence-corrected chi connectivity index (χ3v) is 4.21. The van der Waals surface area contributed by atoms with Gasteiger partial charge in [0.25, 0.3) is 5.91 Å². The first-order valence-electron chi connectivity index (χ1n) is 8.77. The first-order chi connectivity index (χ1) is 11.3. The lowest BCUT2D eigenvalue weighted by Gasteiger charge is -2.34. The molecule has 1 saturated heterocycles. The molecule has 24 heavy (non-hydrogen) atoms. The Morgan fingerprint density at radius 2 is 1.88 bits per heavy atom. The minimum atomic E-state index is -0.0862. The second-order valence-electron chi connectivity index (χ2n) is 7.34. The van der Waals surface area contributed by atoms with Crippen molar-refractivity contribution in [1.82, 2.24) is 15.5 Å². The van der Waals surface area contributed by atoms with Crippen LogP contribution in [0.2, 0.25) is 0 Å². The summed E-state index contributed by atoms with van der Waals surface area (Å²) in [5.41, 5.74) is 1.55. The van der Waals surface area contributed by atoms with Gasteiger partial charge in [-0.15, -0.1) is 0 Å². The molecule has 0 saturated carbocycles. The summed E-state index contributed by atoms with van der Waals surface area (Å²) in [6.45, 7) is 10.3. The fourth-order valence-electron chi connectivity index (χ4n) is 3.29. The van der Waals surface area contributed by atoms with E-state index in [0.717, 1.165) is 18.7 Å². The van der Waals surface area contributed by atoms with Crippen molar-refractivity contribution >= 4 is 11.9 Å². The van der Waals surface area contributed by atoms with Crippen molar-refractivity contribution < 1.29 is 9.59 Å². The molecule has 0 bridgehead atoms. The highest BCUT2D eigenvalue weighted by atomic mass is 16.2. The topological polar surface area (TPSA) is 61.4 Å². The fraction of sp³-hybridized carbons (Fsp3) is 0.579. The van der Waals surface area contributed by atoms with Gasteiger partial charge in [0.05, 0.1) is 0 Å². The lowest BCUT2D eigenvalue weighted by molar-refractivity contribution is 0.0943. The van der Waals surface area contributed by atoms with Crippen molar-refractivity contribution in [3.63, 3.8) is 0 Å². The Morgan fingerprint density at radius 3 is 2.50 bits per heavy atom. The lowest BCUT2D eigenvalue weighted by Crippen LogP contribution is -2.47. The summed E-state index contributed by atoms with van der Waals surface area (Å²) in [5, 5.41) is 5.85. The van der Waals surface area contributed by atoms with Gasteiger partial charge in [-0.2, -0.15) is 0 Å². The second kappa shape index (κ2) is 8.18. The Hall–Kier alpha value is -2.04. The van der Waals surface area contributed by atoms with Crippen LogP contribution in [0.25, 0.3) is 0 Å². The zero-order valence-corrected chi connectivity index (χ0v) is 15.1. The summed E-state index contributed by atoms with van der Waals surface area (Å²) in [5.74, 6) is 1.00. The lowest BCUT2D eigenvalue weighted by atomic mass is 9.92. The number of rotatable bonds is 4. The molecule has 3 amide bonds. The number of amides is 3. The molecule has 2 rings (SSSR count). The predicted octanol–water partition coefficient (Wildman–Crippen LogP) is 3.01. The molecule has 0 spiro atoms. The molecule has 2 N–H and O–H groups in total. The Labute approximate surface area is 144 Å². The van der Waals surface area contributed by atoms with Crippen molar-refractivity contribution in [3.05, 3.63) is 35.4 Å². The number of urea groups is 1. The van der Waals surface area contributed by atoms with Crippen molar-refractivity contribution in [2.75, 3.05) is 13.1 Å². The van der Waals surface area contributed by atoms with E-state index < -0.39 is 0 Å². The van der Waals surface area contributed by atoms with Crippen LogP contribution in [-0.4, -0.2) is 36.0 Å². The summed E-state index contributed by atoms with van der Waals surface area (Å²) in [4.78, 5) is 26.3. The van der Waals surface area contributed by atoms with Gasteiger partial charge >= 0.3 is 6.03 Å². The van der Waals surface area contributed by atoms with Crippen molar-refractivity contribution in [1.29, 1.82) is 0 Å². The number of hydrogen-bond donors (Lipinski definition) is 2. The number of nitrogens with zero attached hydrogens (tertiary/aromatic N) is 1. The Kier molecular flexibility index (Phi) is 6.23. The molecule has 0 aliphatic carbocycles. The van der Waals surface area contributed by atoms with E-state index >= 15 is 0 Å². The largest absolute Gasteiger partial charge is 0.350 e. The van der Waals surface area contributed by atoms with Gasteiger partial charge in [-0.05, 0) is 49.8 Å². The second-order valence-corrected chi connectivity index (χ2v) is 7.34. The summed E-state index contributed by atoms with van der Waals surface area (Å²) in [6, 6.07) is 7.47. The summed E-state index contributed by atoms with van der Waals surface area (Å²) in [7, 11) is 0. The SMILES string of the molecule is CC1CC(C)CN(C(=O)NCc2cccc(C(=O)NC(C)C)c2)C1. The standard InChI is InChI=1S/C19H29N3O2/c1-13(2)21-18(23)17-7-5-6-16(9-17)10-20-19(24)22-11-14(3)8-15(4)12-22/h5-7,9,13-15H,8,10-12H2,1-4H3,(H,20,24)(H,21,23). The fourth-order valence-corrected chi connectivity index (χ4v) is 3.29. The van der Waals surface area contributed by atoms with E-state index in [2.05, 4.69) is 24.5 Å². The number of carbonyl (C=O) groups is 2. The predicted molar refractivity (Wildman–Crippen MR) is 95.8 cm³/mol. The highest BCUT2D eigenvalue weighted by molar-refractivity contribution is 5.94. The van der Waals surface area contributed by atoms with Crippen LogP contribution in [0.3, 0.4) is 0 Å². The van der Waals surface area contributed by atoms with Gasteiger partial charge in [0.2, 0.25) is 0 Å². The van der Waals surface area contributed by atoms with Crippen LogP contribution in [0, 0.1) is 11.8 Å². The maximum Gasteiger partial charge on any atom is 0.317 e. The van der Waals surface area contributed by atoms with Crippen molar-refractivity contribution in [2.24, 2.45) is 11.8 Å². The van der Waals surface area contributed by atoms with Crippen LogP contribution in [0.5, 0.6) is 0 Å². The molecule has 2 atom stereocenters. The van der Waals surface area contributed by atoms with Gasteiger partial charge in [0.1, 0.15) is 0 Å². The number of benzene rings is 1. The molecule has 1 aromatic rings. The highest BCUT2D eigenvalue weighted by Crippen LogP contribution is 2.20. The molecule has 1 aromatic carbocycles. The van der Waals surface area contributed by atoms with Crippen LogP contribution in [0.1, 0.15) is 50.0 Å². The van der Waals surface area contributed by atoms with E-state index in [0.29, 0.717) is 23.9 Å². The average molecular weight is 331 g/mol. The van der Waals surface area contributed by atoms with Gasteiger partial charge in [0, 0.05) is 31.2 Å². The Morgan fingerprint density at radius 1 is 1.21 bits per heavy atom. The summed E-state index contributed by atoms with van der Waals surface area (Å²) in [6.07, 6.45) is 1.18. The first kappa shape index (κ1) is 18.3. The summed E-state index contributed by atoms with van der Waals surface area (Å²) < 4.78 is 0. The maximum atomic E-state index is 12.4. The number of carbonyl (C=O) groups excluding carboxylic acids is 2. The van der Waals surface area contributed by atoms with Crippen LogP contribution in [0.4, 0.5) is 4.79 Å². The maximum absolute atomic E-state index is 12.4. The molecular formula is C19H29N3O2. The average Bonchev–Trinajstić information content (AvgIpc) is 2.51. The van der Waals surface area contributed by atoms with E-state index in [4.69, 9.17) is 0 Å². The van der Waals surface area contributed by atoms with Crippen molar-refractivity contribution in [3.8, 4) is 0 Å². The Balaban J connectivity index is 1.92. The minimum Gasteiger partial charge on any atom is -0.350 e. The van der Waals surface area contributed by atoms with E-state index in [1.807, 2.05) is 36.9 Å². The van der Waals surface area contributed by atoms with Gasteiger partial charge in [-0.1, -0.05) is 26.0 Å². The smallest absolute Gasteiger partial charge is 0.317 e. The van der Waals surface area contributed by atoms with Crippen LogP contribution in [-0.2, 0) is 6.54 Å². The molecule has 1 aliphatic heterocycles. The molecular weight excluding hydrogens is 302 g/mol. The van der Waals surface area contributed by atoms with Gasteiger partial charge in [-0.25, -0.2) is 4.79 Å². The van der Waals surface area contributed by atoms with Gasteiger partial charge < -0.3 is 15.5 Å². The molecule has 0 aromatic heterocycles. The van der Waals surface area contributed by atoms with E-state index in [9.17, 15) is 9.59 Å². The highest BCUT2D eigenvalue weighted by Gasteiger charge is 2.25. The first-order valence-corrected chi connectivity index (χ1v) is 8.77. The monoisotopic (exact) mass is 331 g/mol. The summed E-state index contributed by atoms with van der Waals surface area (Å²) >= 11 is 0. The van der Waals surface area contributed by atoms with Crippen LogP contribution < -0.4 is 10.6 Å². The number of piperidine rings is 1. The zero-order chi connectivity index (χ0) is 17.7. The van der Waals surface area contributed by atoms with Crippen LogP contribution in [0.15, 0.2) is 24.3 Å². The normalized spacial score (nSPS) is 20.8. The molecule has 1 aliphatic rings. The van der Waals surface area contributed by atoms with Crippen LogP contribution >= 0.6 is 0 Å². The van der Waals surface area contributed by atoms with Crippen molar-refractivity contribution in [2.45, 2.75) is 46.7 Å². The third-order valence-electron chi connectivity index (χ3n) is 4.21. The molecule has 5 heteroatoms. The molecule has 5 nitrogen and oxygen atoms in total.